The van der Waals surface area contributed by atoms with E-state index in [1.54, 1.807) is 18.3 Å². The van der Waals surface area contributed by atoms with Gasteiger partial charge in [0.25, 0.3) is 0 Å². The summed E-state index contributed by atoms with van der Waals surface area (Å²) in [6, 6.07) is 8.24. The Kier molecular flexibility index (Phi) is 4.67. The number of sulfonamides is 1. The molecule has 0 radical (unpaired) electrons. The number of hydrogen-bond acceptors (Lipinski definition) is 4. The molecule has 3 N–H and O–H groups in total. The van der Waals surface area contributed by atoms with Gasteiger partial charge in [-0.05, 0) is 44.2 Å². The fourth-order valence-electron chi connectivity index (χ4n) is 2.29. The van der Waals surface area contributed by atoms with E-state index in [0.717, 1.165) is 22.6 Å². The first-order chi connectivity index (χ1) is 10.7. The molecule has 23 heavy (non-hydrogen) atoms. The number of nitrogens with zero attached hydrogens (tertiary/aromatic N) is 2. The Morgan fingerprint density at radius 2 is 1.87 bits per heavy atom. The molecule has 0 spiro atoms. The number of hydrazone groups is 1. The van der Waals surface area contributed by atoms with E-state index in [2.05, 4.69) is 10.5 Å². The van der Waals surface area contributed by atoms with E-state index in [9.17, 15) is 13.2 Å². The zero-order valence-electron chi connectivity index (χ0n) is 13.1. The van der Waals surface area contributed by atoms with Crippen LogP contribution in [-0.4, -0.2) is 25.1 Å². The summed E-state index contributed by atoms with van der Waals surface area (Å²) in [4.78, 5) is 10.9. The number of rotatable bonds is 4. The molecule has 0 aliphatic rings. The van der Waals surface area contributed by atoms with Gasteiger partial charge in [-0.2, -0.15) is 5.10 Å². The lowest BCUT2D eigenvalue weighted by Gasteiger charge is -2.10. The van der Waals surface area contributed by atoms with E-state index in [-0.39, 0.29) is 10.8 Å². The van der Waals surface area contributed by atoms with Crippen molar-refractivity contribution in [1.29, 1.82) is 0 Å². The molecule has 0 unspecified atom stereocenters. The number of nitrogens with one attached hydrogen (secondary N) is 1. The lowest BCUT2D eigenvalue weighted by Crippen LogP contribution is -2.12. The van der Waals surface area contributed by atoms with Crippen molar-refractivity contribution in [2.75, 3.05) is 0 Å². The average molecular weight is 334 g/mol. The molecular formula is C15H18N4O3S. The Morgan fingerprint density at radius 1 is 1.26 bits per heavy atom. The minimum atomic E-state index is -3.71. The van der Waals surface area contributed by atoms with E-state index in [1.807, 2.05) is 24.5 Å². The molecule has 1 amide bonds. The molecule has 0 aliphatic carbocycles. The highest BCUT2D eigenvalue weighted by Gasteiger charge is 2.11. The number of amides is 1. The second kappa shape index (κ2) is 6.35. The zero-order valence-corrected chi connectivity index (χ0v) is 13.9. The number of carbonyl (C=O) groups is 1. The van der Waals surface area contributed by atoms with Crippen LogP contribution in [0, 0.1) is 13.8 Å². The SMILES string of the molecule is CC(=O)N/N=C/c1cc(C)n(-c2ccc(S(N)(=O)=O)cc2)c1C. The molecule has 2 aromatic rings. The monoisotopic (exact) mass is 334 g/mol. The third kappa shape index (κ3) is 3.85. The summed E-state index contributed by atoms with van der Waals surface area (Å²) in [5, 5.41) is 8.96. The summed E-state index contributed by atoms with van der Waals surface area (Å²) in [6.45, 7) is 5.22. The Hall–Kier alpha value is -2.45. The van der Waals surface area contributed by atoms with Gasteiger partial charge in [-0.25, -0.2) is 19.0 Å². The first kappa shape index (κ1) is 16.9. The number of nitrogens with two attached hydrogens (primary N) is 1. The van der Waals surface area contributed by atoms with Gasteiger partial charge in [0.05, 0.1) is 11.1 Å². The van der Waals surface area contributed by atoms with Gasteiger partial charge in [0.15, 0.2) is 0 Å². The van der Waals surface area contributed by atoms with E-state index in [0.29, 0.717) is 0 Å². The minimum Gasteiger partial charge on any atom is -0.318 e. The second-order valence-corrected chi connectivity index (χ2v) is 6.69. The van der Waals surface area contributed by atoms with E-state index in [4.69, 9.17) is 5.14 Å². The van der Waals surface area contributed by atoms with Gasteiger partial charge in [0.1, 0.15) is 0 Å². The first-order valence-electron chi connectivity index (χ1n) is 6.82. The van der Waals surface area contributed by atoms with E-state index in [1.165, 1.54) is 19.1 Å². The predicted molar refractivity (Wildman–Crippen MR) is 88.0 cm³/mol. The first-order valence-corrected chi connectivity index (χ1v) is 8.36. The molecular weight excluding hydrogens is 316 g/mol. The number of hydrogen-bond donors (Lipinski definition) is 2. The maximum atomic E-state index is 11.3. The highest BCUT2D eigenvalue weighted by molar-refractivity contribution is 7.89. The molecule has 0 saturated carbocycles. The fourth-order valence-corrected chi connectivity index (χ4v) is 2.81. The Labute approximate surface area is 134 Å². The largest absolute Gasteiger partial charge is 0.318 e. The topological polar surface area (TPSA) is 107 Å². The number of benzene rings is 1. The normalized spacial score (nSPS) is 11.8. The van der Waals surface area contributed by atoms with Crippen LogP contribution >= 0.6 is 0 Å². The van der Waals surface area contributed by atoms with Crippen LogP contribution in [0.5, 0.6) is 0 Å². The van der Waals surface area contributed by atoms with Crippen molar-refractivity contribution in [2.45, 2.75) is 25.7 Å². The van der Waals surface area contributed by atoms with Crippen molar-refractivity contribution in [3.63, 3.8) is 0 Å². The summed E-state index contributed by atoms with van der Waals surface area (Å²) in [5.74, 6) is -0.242. The molecule has 1 heterocycles. The van der Waals surface area contributed by atoms with Gasteiger partial charge in [0.2, 0.25) is 15.9 Å². The summed E-state index contributed by atoms with van der Waals surface area (Å²) in [7, 11) is -3.71. The van der Waals surface area contributed by atoms with Gasteiger partial charge in [-0.15, -0.1) is 0 Å². The minimum absolute atomic E-state index is 0.0659. The highest BCUT2D eigenvalue weighted by atomic mass is 32.2. The molecule has 8 heteroatoms. The maximum absolute atomic E-state index is 11.3. The second-order valence-electron chi connectivity index (χ2n) is 5.13. The van der Waals surface area contributed by atoms with Crippen LogP contribution in [0.2, 0.25) is 0 Å². The third-order valence-electron chi connectivity index (χ3n) is 3.32. The molecule has 0 fully saturated rings. The van der Waals surface area contributed by atoms with Crippen LogP contribution < -0.4 is 10.6 Å². The Balaban J connectivity index is 2.39. The van der Waals surface area contributed by atoms with Crippen LogP contribution in [0.1, 0.15) is 23.9 Å². The van der Waals surface area contributed by atoms with Crippen molar-refractivity contribution in [3.05, 3.63) is 47.3 Å². The van der Waals surface area contributed by atoms with Crippen molar-refractivity contribution in [3.8, 4) is 5.69 Å². The molecule has 0 saturated heterocycles. The summed E-state index contributed by atoms with van der Waals surface area (Å²) in [5.41, 5.74) is 5.89. The van der Waals surface area contributed by atoms with E-state index < -0.39 is 10.0 Å². The zero-order chi connectivity index (χ0) is 17.2. The van der Waals surface area contributed by atoms with Gasteiger partial charge in [-0.1, -0.05) is 0 Å². The van der Waals surface area contributed by atoms with Crippen LogP contribution in [0.25, 0.3) is 5.69 Å². The molecule has 1 aromatic carbocycles. The molecule has 1 aromatic heterocycles. The summed E-state index contributed by atoms with van der Waals surface area (Å²) in [6.07, 6.45) is 1.57. The van der Waals surface area contributed by atoms with Gasteiger partial charge < -0.3 is 4.57 Å². The summed E-state index contributed by atoms with van der Waals surface area (Å²) >= 11 is 0. The molecule has 0 bridgehead atoms. The van der Waals surface area contributed by atoms with Crippen molar-refractivity contribution < 1.29 is 13.2 Å². The maximum Gasteiger partial charge on any atom is 0.238 e. The van der Waals surface area contributed by atoms with Gasteiger partial charge in [-0.3, -0.25) is 4.79 Å². The quantitative estimate of drug-likeness (QED) is 0.648. The number of aromatic nitrogens is 1. The number of carbonyl (C=O) groups excluding carboxylic acids is 1. The van der Waals surface area contributed by atoms with Gasteiger partial charge in [0, 0.05) is 29.6 Å². The van der Waals surface area contributed by atoms with Crippen LogP contribution in [0.3, 0.4) is 0 Å². The molecule has 122 valence electrons. The smallest absolute Gasteiger partial charge is 0.238 e. The number of primary sulfonamides is 1. The van der Waals surface area contributed by atoms with Crippen LogP contribution in [-0.2, 0) is 14.8 Å². The average Bonchev–Trinajstić information content (AvgIpc) is 2.72. The van der Waals surface area contributed by atoms with Crippen LogP contribution in [0.15, 0.2) is 40.3 Å². The lowest BCUT2D eigenvalue weighted by atomic mass is 10.2. The molecule has 0 aliphatic heterocycles. The third-order valence-corrected chi connectivity index (χ3v) is 4.25. The number of aryl methyl sites for hydroxylation is 1. The fraction of sp³-hybridized carbons (Fsp3) is 0.200. The molecule has 2 rings (SSSR count). The predicted octanol–water partition coefficient (Wildman–Crippen LogP) is 1.21. The Morgan fingerprint density at radius 3 is 2.39 bits per heavy atom. The van der Waals surface area contributed by atoms with Gasteiger partial charge >= 0.3 is 0 Å². The lowest BCUT2D eigenvalue weighted by molar-refractivity contribution is -0.118. The molecule has 0 atom stereocenters. The summed E-state index contributed by atoms with van der Waals surface area (Å²) < 4.78 is 24.6. The van der Waals surface area contributed by atoms with E-state index >= 15 is 0 Å². The van der Waals surface area contributed by atoms with Crippen molar-refractivity contribution in [2.24, 2.45) is 10.2 Å². The highest BCUT2D eigenvalue weighted by Crippen LogP contribution is 2.21. The standard InChI is InChI=1S/C15H18N4O3S/c1-10-8-13(9-17-18-12(3)20)11(2)19(10)14-4-6-15(7-5-14)23(16,21)22/h4-9H,1-3H3,(H,18,20)(H2,16,21,22)/b17-9+. The molecule has 7 nitrogen and oxygen atoms in total. The van der Waals surface area contributed by atoms with Crippen molar-refractivity contribution >= 4 is 22.1 Å². The Bertz CT molecular complexity index is 865. The van der Waals surface area contributed by atoms with Crippen LogP contribution in [0.4, 0.5) is 0 Å². The van der Waals surface area contributed by atoms with Crippen molar-refractivity contribution in [1.82, 2.24) is 9.99 Å².